The molecule has 0 saturated carbocycles. The summed E-state index contributed by atoms with van der Waals surface area (Å²) in [5.74, 6) is 2.10. The van der Waals surface area contributed by atoms with Crippen LogP contribution in [-0.2, 0) is 0 Å². The van der Waals surface area contributed by atoms with Crippen LogP contribution >= 0.6 is 0 Å². The van der Waals surface area contributed by atoms with Gasteiger partial charge in [0.2, 0.25) is 0 Å². The molecular weight excluding hydrogens is 288 g/mol. The van der Waals surface area contributed by atoms with Crippen molar-refractivity contribution < 1.29 is 4.74 Å². The molecule has 23 heavy (non-hydrogen) atoms. The van der Waals surface area contributed by atoms with Crippen LogP contribution in [0.15, 0.2) is 42.6 Å². The minimum atomic E-state index is 0.537. The number of nitriles is 1. The van der Waals surface area contributed by atoms with Crippen molar-refractivity contribution >= 4 is 11.5 Å². The Hall–Kier alpha value is -2.74. The number of anilines is 2. The van der Waals surface area contributed by atoms with Crippen molar-refractivity contribution in [3.8, 4) is 11.8 Å². The number of hydrogen-bond donors (Lipinski definition) is 1. The average molecular weight is 308 g/mol. The van der Waals surface area contributed by atoms with Gasteiger partial charge in [0.15, 0.2) is 0 Å². The van der Waals surface area contributed by atoms with Crippen LogP contribution in [0.4, 0.5) is 11.5 Å². The number of nitrogens with zero attached hydrogens (tertiary/aromatic N) is 3. The molecule has 1 N–H and O–H groups in total. The molecule has 0 aliphatic carbocycles. The third kappa shape index (κ3) is 3.54. The molecule has 0 radical (unpaired) electrons. The standard InChI is InChI=1S/C18H20N4O/c1-23-17-6-2-5-16(10-17)22-9-7-14(13-22)12-21-18-15(11-19)4-3-8-20-18/h2-6,8,10,14H,7,9,12-13H2,1H3,(H,20,21)/t14-/m1/s1. The molecule has 2 aromatic rings. The Balaban J connectivity index is 1.59. The average Bonchev–Trinajstić information content (AvgIpc) is 3.09. The summed E-state index contributed by atoms with van der Waals surface area (Å²) in [5, 5.41) is 12.4. The van der Waals surface area contributed by atoms with E-state index in [1.54, 1.807) is 25.4 Å². The third-order valence-corrected chi connectivity index (χ3v) is 4.19. The minimum absolute atomic E-state index is 0.537. The van der Waals surface area contributed by atoms with Gasteiger partial charge < -0.3 is 15.0 Å². The summed E-state index contributed by atoms with van der Waals surface area (Å²) < 4.78 is 5.29. The maximum atomic E-state index is 9.10. The van der Waals surface area contributed by atoms with Crippen molar-refractivity contribution in [1.82, 2.24) is 4.98 Å². The van der Waals surface area contributed by atoms with Crippen LogP contribution in [0, 0.1) is 17.2 Å². The van der Waals surface area contributed by atoms with E-state index in [2.05, 4.69) is 33.4 Å². The van der Waals surface area contributed by atoms with Gasteiger partial charge in [0, 0.05) is 37.6 Å². The number of aromatic nitrogens is 1. The molecule has 1 aromatic carbocycles. The monoisotopic (exact) mass is 308 g/mol. The van der Waals surface area contributed by atoms with Gasteiger partial charge in [0.1, 0.15) is 17.6 Å². The second-order valence-corrected chi connectivity index (χ2v) is 5.69. The molecular formula is C18H20N4O. The highest BCUT2D eigenvalue weighted by molar-refractivity contribution is 5.53. The zero-order valence-corrected chi connectivity index (χ0v) is 13.2. The number of nitrogens with one attached hydrogen (secondary N) is 1. The van der Waals surface area contributed by atoms with Crippen molar-refractivity contribution in [3.05, 3.63) is 48.2 Å². The molecule has 0 amide bonds. The number of hydrogen-bond acceptors (Lipinski definition) is 5. The van der Waals surface area contributed by atoms with E-state index >= 15 is 0 Å². The summed E-state index contributed by atoms with van der Waals surface area (Å²) in [7, 11) is 1.69. The van der Waals surface area contributed by atoms with Crippen LogP contribution in [0.2, 0.25) is 0 Å². The summed E-state index contributed by atoms with van der Waals surface area (Å²) in [5.41, 5.74) is 1.79. The fourth-order valence-electron chi connectivity index (χ4n) is 2.92. The fourth-order valence-corrected chi connectivity index (χ4v) is 2.92. The van der Waals surface area contributed by atoms with Crippen LogP contribution < -0.4 is 15.0 Å². The summed E-state index contributed by atoms with van der Waals surface area (Å²) in [6.07, 6.45) is 2.83. The van der Waals surface area contributed by atoms with Crippen molar-refractivity contribution in [2.24, 2.45) is 5.92 Å². The third-order valence-electron chi connectivity index (χ3n) is 4.19. The first-order chi connectivity index (χ1) is 11.3. The fraction of sp³-hybridized carbons (Fsp3) is 0.333. The van der Waals surface area contributed by atoms with Gasteiger partial charge in [-0.1, -0.05) is 6.07 Å². The lowest BCUT2D eigenvalue weighted by molar-refractivity contribution is 0.415. The smallest absolute Gasteiger partial charge is 0.143 e. The van der Waals surface area contributed by atoms with E-state index in [1.165, 1.54) is 5.69 Å². The van der Waals surface area contributed by atoms with E-state index in [9.17, 15) is 0 Å². The largest absolute Gasteiger partial charge is 0.497 e. The number of methoxy groups -OCH3 is 1. The summed E-state index contributed by atoms with van der Waals surface area (Å²) in [6.45, 7) is 2.86. The maximum absolute atomic E-state index is 9.10. The van der Waals surface area contributed by atoms with E-state index in [0.717, 1.165) is 31.8 Å². The molecule has 0 spiro atoms. The summed E-state index contributed by atoms with van der Waals surface area (Å²) >= 11 is 0. The first-order valence-electron chi connectivity index (χ1n) is 7.78. The molecule has 1 aliphatic heterocycles. The molecule has 1 saturated heterocycles. The summed E-state index contributed by atoms with van der Waals surface area (Å²) in [6, 6.07) is 13.9. The second kappa shape index (κ2) is 7.01. The minimum Gasteiger partial charge on any atom is -0.497 e. The molecule has 5 nitrogen and oxygen atoms in total. The number of rotatable bonds is 5. The van der Waals surface area contributed by atoms with Crippen LogP contribution in [0.5, 0.6) is 5.75 Å². The Morgan fingerprint density at radius 3 is 3.13 bits per heavy atom. The number of pyridine rings is 1. The Morgan fingerprint density at radius 2 is 2.30 bits per heavy atom. The molecule has 0 bridgehead atoms. The normalized spacial score (nSPS) is 16.9. The highest BCUT2D eigenvalue weighted by Gasteiger charge is 2.23. The summed E-state index contributed by atoms with van der Waals surface area (Å²) in [4.78, 5) is 6.62. The molecule has 3 rings (SSSR count). The molecule has 5 heteroatoms. The zero-order valence-electron chi connectivity index (χ0n) is 13.2. The lowest BCUT2D eigenvalue weighted by Crippen LogP contribution is -2.22. The van der Waals surface area contributed by atoms with E-state index < -0.39 is 0 Å². The van der Waals surface area contributed by atoms with Crippen LogP contribution in [0.3, 0.4) is 0 Å². The SMILES string of the molecule is COc1cccc(N2CC[C@H](CNc3ncccc3C#N)C2)c1. The van der Waals surface area contributed by atoms with Crippen LogP contribution in [0.1, 0.15) is 12.0 Å². The van der Waals surface area contributed by atoms with Gasteiger partial charge in [0.05, 0.1) is 12.7 Å². The van der Waals surface area contributed by atoms with Crippen LogP contribution in [-0.4, -0.2) is 31.7 Å². The Kier molecular flexibility index (Phi) is 4.62. The van der Waals surface area contributed by atoms with Gasteiger partial charge in [-0.3, -0.25) is 0 Å². The van der Waals surface area contributed by atoms with Gasteiger partial charge in [0.25, 0.3) is 0 Å². The predicted octanol–water partition coefficient (Wildman–Crippen LogP) is 2.90. The molecule has 1 aromatic heterocycles. The Morgan fingerprint density at radius 1 is 1.39 bits per heavy atom. The quantitative estimate of drug-likeness (QED) is 0.920. The van der Waals surface area contributed by atoms with E-state index in [4.69, 9.17) is 10.00 Å². The molecule has 1 atom stereocenters. The highest BCUT2D eigenvalue weighted by atomic mass is 16.5. The van der Waals surface area contributed by atoms with Crippen molar-refractivity contribution in [3.63, 3.8) is 0 Å². The van der Waals surface area contributed by atoms with Crippen molar-refractivity contribution in [2.45, 2.75) is 6.42 Å². The van der Waals surface area contributed by atoms with E-state index in [-0.39, 0.29) is 0 Å². The zero-order chi connectivity index (χ0) is 16.1. The van der Waals surface area contributed by atoms with Gasteiger partial charge in [-0.15, -0.1) is 0 Å². The van der Waals surface area contributed by atoms with Gasteiger partial charge in [-0.05, 0) is 36.6 Å². The lowest BCUT2D eigenvalue weighted by atomic mass is 10.1. The molecule has 0 unspecified atom stereocenters. The van der Waals surface area contributed by atoms with E-state index in [0.29, 0.717) is 17.3 Å². The highest BCUT2D eigenvalue weighted by Crippen LogP contribution is 2.27. The molecule has 1 fully saturated rings. The van der Waals surface area contributed by atoms with Gasteiger partial charge >= 0.3 is 0 Å². The maximum Gasteiger partial charge on any atom is 0.143 e. The number of benzene rings is 1. The predicted molar refractivity (Wildman–Crippen MR) is 90.8 cm³/mol. The molecule has 2 heterocycles. The molecule has 1 aliphatic rings. The topological polar surface area (TPSA) is 61.2 Å². The molecule has 118 valence electrons. The van der Waals surface area contributed by atoms with Crippen molar-refractivity contribution in [2.75, 3.05) is 37.0 Å². The number of ether oxygens (including phenoxy) is 1. The van der Waals surface area contributed by atoms with Gasteiger partial charge in [-0.2, -0.15) is 5.26 Å². The Bertz CT molecular complexity index is 710. The lowest BCUT2D eigenvalue weighted by Gasteiger charge is -2.19. The second-order valence-electron chi connectivity index (χ2n) is 5.69. The Labute approximate surface area is 136 Å². The first kappa shape index (κ1) is 15.2. The van der Waals surface area contributed by atoms with Gasteiger partial charge in [-0.25, -0.2) is 4.98 Å². The van der Waals surface area contributed by atoms with E-state index in [1.807, 2.05) is 12.1 Å². The van der Waals surface area contributed by atoms with Crippen molar-refractivity contribution in [1.29, 1.82) is 5.26 Å². The van der Waals surface area contributed by atoms with Crippen LogP contribution in [0.25, 0.3) is 0 Å². The first-order valence-corrected chi connectivity index (χ1v) is 7.78.